The molecule has 2 aromatic rings. The largest absolute Gasteiger partial charge is 0.265 e. The van der Waals surface area contributed by atoms with Crippen molar-refractivity contribution in [1.29, 1.82) is 0 Å². The van der Waals surface area contributed by atoms with E-state index in [4.69, 9.17) is 0 Å². The van der Waals surface area contributed by atoms with Gasteiger partial charge in [0.15, 0.2) is 0 Å². The lowest BCUT2D eigenvalue weighted by atomic mass is 9.90. The summed E-state index contributed by atoms with van der Waals surface area (Å²) >= 11 is 0. The van der Waals surface area contributed by atoms with Gasteiger partial charge in [0, 0.05) is 12.4 Å². The van der Waals surface area contributed by atoms with Crippen LogP contribution in [-0.4, -0.2) is 4.98 Å². The first-order valence-electron chi connectivity index (χ1n) is 6.11. The van der Waals surface area contributed by atoms with Crippen LogP contribution in [-0.2, 0) is 0 Å². The molecule has 0 saturated heterocycles. The van der Waals surface area contributed by atoms with Gasteiger partial charge in [-0.05, 0) is 59.7 Å². The summed E-state index contributed by atoms with van der Waals surface area (Å²) in [5.74, 6) is 0.585. The molecular weight excluding hydrogens is 206 g/mol. The lowest BCUT2D eigenvalue weighted by molar-refractivity contribution is 0.846. The zero-order chi connectivity index (χ0) is 12.4. The van der Waals surface area contributed by atoms with Gasteiger partial charge in [0.05, 0.1) is 0 Å². The second-order valence-electron chi connectivity index (χ2n) is 4.91. The number of aryl methyl sites for hydroxylation is 2. The summed E-state index contributed by atoms with van der Waals surface area (Å²) in [4.78, 5) is 4.06. The Bertz CT molecular complexity index is 489. The third-order valence-corrected chi connectivity index (χ3v) is 3.18. The molecule has 0 saturated carbocycles. The first-order chi connectivity index (χ1) is 8.09. The molecule has 0 fully saturated rings. The van der Waals surface area contributed by atoms with Gasteiger partial charge in [-0.15, -0.1) is 0 Å². The van der Waals surface area contributed by atoms with E-state index in [0.29, 0.717) is 5.92 Å². The topological polar surface area (TPSA) is 12.9 Å². The van der Waals surface area contributed by atoms with Gasteiger partial charge in [-0.3, -0.25) is 4.98 Å². The Labute approximate surface area is 104 Å². The first kappa shape index (κ1) is 11.8. The fourth-order valence-electron chi connectivity index (χ4n) is 2.60. The summed E-state index contributed by atoms with van der Waals surface area (Å²) in [6, 6.07) is 8.67. The van der Waals surface area contributed by atoms with E-state index in [2.05, 4.69) is 56.9 Å². The molecule has 17 heavy (non-hydrogen) atoms. The Balaban J connectivity index is 2.53. The minimum atomic E-state index is 0.585. The first-order valence-corrected chi connectivity index (χ1v) is 6.11. The molecule has 0 spiro atoms. The van der Waals surface area contributed by atoms with Crippen LogP contribution in [0.5, 0.6) is 0 Å². The van der Waals surface area contributed by atoms with Crippen molar-refractivity contribution in [3.63, 3.8) is 0 Å². The summed E-state index contributed by atoms with van der Waals surface area (Å²) in [5.41, 5.74) is 6.76. The lowest BCUT2D eigenvalue weighted by Gasteiger charge is -2.15. The molecular formula is C16H19N. The standard InChI is InChI=1S/C16H19N/c1-11(2)16-12(3)9-15(10-13(16)4)14-5-7-17-8-6-14/h5-11H,1-4H3. The Kier molecular flexibility index (Phi) is 3.28. The monoisotopic (exact) mass is 225 g/mol. The van der Waals surface area contributed by atoms with Gasteiger partial charge in [-0.2, -0.15) is 0 Å². The minimum Gasteiger partial charge on any atom is -0.265 e. The highest BCUT2D eigenvalue weighted by atomic mass is 14.6. The molecule has 0 N–H and O–H groups in total. The van der Waals surface area contributed by atoms with E-state index < -0.39 is 0 Å². The summed E-state index contributed by atoms with van der Waals surface area (Å²) in [6.07, 6.45) is 3.69. The number of benzene rings is 1. The smallest absolute Gasteiger partial charge is 0.0273 e. The zero-order valence-electron chi connectivity index (χ0n) is 11.0. The fraction of sp³-hybridized carbons (Fsp3) is 0.312. The van der Waals surface area contributed by atoms with Gasteiger partial charge in [0.1, 0.15) is 0 Å². The molecule has 0 bridgehead atoms. The van der Waals surface area contributed by atoms with Crippen LogP contribution < -0.4 is 0 Å². The van der Waals surface area contributed by atoms with Crippen LogP contribution in [0.2, 0.25) is 0 Å². The number of hydrogen-bond donors (Lipinski definition) is 0. The van der Waals surface area contributed by atoms with E-state index in [9.17, 15) is 0 Å². The highest BCUT2D eigenvalue weighted by Crippen LogP contribution is 2.29. The van der Waals surface area contributed by atoms with Gasteiger partial charge in [-0.1, -0.05) is 26.0 Å². The van der Waals surface area contributed by atoms with Crippen molar-refractivity contribution in [2.24, 2.45) is 0 Å². The third-order valence-electron chi connectivity index (χ3n) is 3.18. The predicted molar refractivity (Wildman–Crippen MR) is 73.2 cm³/mol. The maximum atomic E-state index is 4.06. The number of pyridine rings is 1. The highest BCUT2D eigenvalue weighted by molar-refractivity contribution is 5.66. The van der Waals surface area contributed by atoms with Crippen LogP contribution in [0.1, 0.15) is 36.5 Å². The molecule has 88 valence electrons. The van der Waals surface area contributed by atoms with E-state index in [1.54, 1.807) is 0 Å². The number of hydrogen-bond acceptors (Lipinski definition) is 1. The lowest BCUT2D eigenvalue weighted by Crippen LogP contribution is -1.97. The van der Waals surface area contributed by atoms with Gasteiger partial charge in [0.25, 0.3) is 0 Å². The Hall–Kier alpha value is -1.63. The van der Waals surface area contributed by atoms with Crippen LogP contribution in [0.4, 0.5) is 0 Å². The molecule has 0 amide bonds. The van der Waals surface area contributed by atoms with Crippen molar-refractivity contribution in [3.05, 3.63) is 53.3 Å². The second kappa shape index (κ2) is 4.70. The van der Waals surface area contributed by atoms with Crippen molar-refractivity contribution >= 4 is 0 Å². The van der Waals surface area contributed by atoms with Crippen LogP contribution in [0.3, 0.4) is 0 Å². The average molecular weight is 225 g/mol. The fourth-order valence-corrected chi connectivity index (χ4v) is 2.60. The Morgan fingerprint density at radius 3 is 1.88 bits per heavy atom. The molecule has 1 aromatic carbocycles. The highest BCUT2D eigenvalue weighted by Gasteiger charge is 2.09. The molecule has 1 heteroatoms. The van der Waals surface area contributed by atoms with Gasteiger partial charge < -0.3 is 0 Å². The second-order valence-corrected chi connectivity index (χ2v) is 4.91. The van der Waals surface area contributed by atoms with Gasteiger partial charge >= 0.3 is 0 Å². The molecule has 0 radical (unpaired) electrons. The minimum absolute atomic E-state index is 0.585. The van der Waals surface area contributed by atoms with Crippen LogP contribution in [0.25, 0.3) is 11.1 Å². The van der Waals surface area contributed by atoms with Crippen LogP contribution in [0.15, 0.2) is 36.7 Å². The summed E-state index contributed by atoms with van der Waals surface area (Å²) in [7, 11) is 0. The van der Waals surface area contributed by atoms with Crippen molar-refractivity contribution in [2.45, 2.75) is 33.6 Å². The molecule has 0 unspecified atom stereocenters. The normalized spacial score (nSPS) is 10.9. The molecule has 1 aromatic heterocycles. The predicted octanol–water partition coefficient (Wildman–Crippen LogP) is 4.49. The van der Waals surface area contributed by atoms with E-state index in [-0.39, 0.29) is 0 Å². The number of aromatic nitrogens is 1. The molecule has 1 nitrogen and oxygen atoms in total. The van der Waals surface area contributed by atoms with E-state index in [1.165, 1.54) is 27.8 Å². The molecule has 1 heterocycles. The van der Waals surface area contributed by atoms with Crippen LogP contribution >= 0.6 is 0 Å². The van der Waals surface area contributed by atoms with Crippen molar-refractivity contribution in [1.82, 2.24) is 4.98 Å². The summed E-state index contributed by atoms with van der Waals surface area (Å²) in [6.45, 7) is 8.91. The van der Waals surface area contributed by atoms with Gasteiger partial charge in [-0.25, -0.2) is 0 Å². The molecule has 0 atom stereocenters. The zero-order valence-corrected chi connectivity index (χ0v) is 11.0. The summed E-state index contributed by atoms with van der Waals surface area (Å²) < 4.78 is 0. The maximum Gasteiger partial charge on any atom is 0.0273 e. The quantitative estimate of drug-likeness (QED) is 0.734. The van der Waals surface area contributed by atoms with E-state index in [1.807, 2.05) is 12.4 Å². The Morgan fingerprint density at radius 1 is 0.882 bits per heavy atom. The van der Waals surface area contributed by atoms with Crippen molar-refractivity contribution < 1.29 is 0 Å². The van der Waals surface area contributed by atoms with E-state index in [0.717, 1.165) is 0 Å². The SMILES string of the molecule is Cc1cc(-c2ccncc2)cc(C)c1C(C)C. The molecule has 0 aliphatic rings. The third kappa shape index (κ3) is 2.38. The van der Waals surface area contributed by atoms with Crippen LogP contribution in [0, 0.1) is 13.8 Å². The van der Waals surface area contributed by atoms with E-state index >= 15 is 0 Å². The average Bonchev–Trinajstić information content (AvgIpc) is 2.28. The molecule has 0 aliphatic carbocycles. The summed E-state index contributed by atoms with van der Waals surface area (Å²) in [5, 5.41) is 0. The van der Waals surface area contributed by atoms with Crippen molar-refractivity contribution in [2.75, 3.05) is 0 Å². The number of rotatable bonds is 2. The van der Waals surface area contributed by atoms with Gasteiger partial charge in [0.2, 0.25) is 0 Å². The Morgan fingerprint density at radius 2 is 1.41 bits per heavy atom. The molecule has 2 rings (SSSR count). The van der Waals surface area contributed by atoms with Crippen molar-refractivity contribution in [3.8, 4) is 11.1 Å². The maximum absolute atomic E-state index is 4.06. The molecule has 0 aliphatic heterocycles. The number of nitrogens with zero attached hydrogens (tertiary/aromatic N) is 1.